The number of benzene rings is 1. The Morgan fingerprint density at radius 3 is 2.27 bits per heavy atom. The SMILES string of the molecule is CC(/C(N=CN)=N\c1ncccn1)N(C)c1ncnc2c(C(F)(F)F)cc(C(F)(F)F)cc12. The van der Waals surface area contributed by atoms with Crippen molar-refractivity contribution >= 4 is 34.8 Å². The number of hydrogen-bond donors (Lipinski definition) is 1. The number of anilines is 1. The van der Waals surface area contributed by atoms with Gasteiger partial charge in [0.15, 0.2) is 5.84 Å². The first-order chi connectivity index (χ1) is 15.4. The average molecular weight is 470 g/mol. The maximum Gasteiger partial charge on any atom is 0.418 e. The molecule has 2 N–H and O–H groups in total. The van der Waals surface area contributed by atoms with Crippen LogP contribution in [0.25, 0.3) is 10.9 Å². The quantitative estimate of drug-likeness (QED) is 0.351. The summed E-state index contributed by atoms with van der Waals surface area (Å²) in [6.07, 6.45) is -5.46. The number of fused-ring (bicyclic) bond motifs is 1. The first-order valence-electron chi connectivity index (χ1n) is 9.19. The van der Waals surface area contributed by atoms with Gasteiger partial charge < -0.3 is 10.6 Å². The molecule has 0 spiro atoms. The second-order valence-corrected chi connectivity index (χ2v) is 6.70. The van der Waals surface area contributed by atoms with Crippen molar-refractivity contribution in [3.63, 3.8) is 0 Å². The Bertz CT molecular complexity index is 1190. The summed E-state index contributed by atoms with van der Waals surface area (Å²) < 4.78 is 80.7. The number of aliphatic imine (C=N–C) groups is 2. The molecule has 0 saturated carbocycles. The lowest BCUT2D eigenvalue weighted by Crippen LogP contribution is -2.36. The summed E-state index contributed by atoms with van der Waals surface area (Å²) in [4.78, 5) is 24.8. The molecule has 14 heteroatoms. The van der Waals surface area contributed by atoms with Gasteiger partial charge in [0.05, 0.1) is 29.0 Å². The van der Waals surface area contributed by atoms with Gasteiger partial charge in [-0.25, -0.2) is 24.9 Å². The Hall–Kier alpha value is -3.84. The van der Waals surface area contributed by atoms with Gasteiger partial charge in [0, 0.05) is 24.8 Å². The van der Waals surface area contributed by atoms with E-state index in [4.69, 9.17) is 5.73 Å². The summed E-state index contributed by atoms with van der Waals surface area (Å²) in [5.74, 6) is -0.122. The minimum atomic E-state index is -5.07. The normalized spacial score (nSPS) is 14.1. The molecular formula is C19H16F6N8. The highest BCUT2D eigenvalue weighted by molar-refractivity contribution is 5.99. The zero-order chi connectivity index (χ0) is 24.4. The van der Waals surface area contributed by atoms with Gasteiger partial charge >= 0.3 is 12.4 Å². The van der Waals surface area contributed by atoms with Crippen LogP contribution in [-0.4, -0.2) is 45.2 Å². The summed E-state index contributed by atoms with van der Waals surface area (Å²) in [7, 11) is 1.41. The molecule has 1 unspecified atom stereocenters. The monoisotopic (exact) mass is 470 g/mol. The van der Waals surface area contributed by atoms with Crippen molar-refractivity contribution in [2.75, 3.05) is 11.9 Å². The Morgan fingerprint density at radius 1 is 1.03 bits per heavy atom. The zero-order valence-corrected chi connectivity index (χ0v) is 17.1. The van der Waals surface area contributed by atoms with Crippen LogP contribution in [0.2, 0.25) is 0 Å². The largest absolute Gasteiger partial charge is 0.418 e. The highest BCUT2D eigenvalue weighted by atomic mass is 19.4. The fourth-order valence-corrected chi connectivity index (χ4v) is 2.93. The molecule has 1 aromatic carbocycles. The summed E-state index contributed by atoms with van der Waals surface area (Å²) in [5.41, 5.74) is 1.70. The molecule has 0 amide bonds. The lowest BCUT2D eigenvalue weighted by molar-refractivity contribution is -0.142. The minimum absolute atomic E-state index is 0.0287. The van der Waals surface area contributed by atoms with Crippen LogP contribution in [0, 0.1) is 0 Å². The van der Waals surface area contributed by atoms with Gasteiger partial charge in [-0.15, -0.1) is 0 Å². The fraction of sp³-hybridized carbons (Fsp3) is 0.263. The standard InChI is InChI=1S/C19H16F6N8/c1-10(15(29-8-26)32-17-27-4-3-5-28-17)33(2)16-12-6-11(18(20,21)22)7-13(19(23,24)25)14(12)30-9-31-16/h3-10H,1-2H3,(H2,26,27,28,29,32). The third-order valence-electron chi connectivity index (χ3n) is 4.61. The second kappa shape index (κ2) is 8.96. The van der Waals surface area contributed by atoms with Crippen LogP contribution in [0.5, 0.6) is 0 Å². The van der Waals surface area contributed by atoms with E-state index in [0.29, 0.717) is 6.07 Å². The lowest BCUT2D eigenvalue weighted by Gasteiger charge is -2.27. The molecule has 3 rings (SSSR count). The predicted octanol–water partition coefficient (Wildman–Crippen LogP) is 4.00. The van der Waals surface area contributed by atoms with Crippen molar-refractivity contribution in [2.45, 2.75) is 25.3 Å². The number of rotatable bonds is 4. The number of aromatic nitrogens is 4. The van der Waals surface area contributed by atoms with Gasteiger partial charge in [-0.3, -0.25) is 0 Å². The van der Waals surface area contributed by atoms with E-state index in [1.807, 2.05) is 0 Å². The molecule has 33 heavy (non-hydrogen) atoms. The van der Waals surface area contributed by atoms with Crippen molar-refractivity contribution in [3.05, 3.63) is 48.0 Å². The number of likely N-dealkylation sites (N-methyl/N-ethyl adjacent to an activating group) is 1. The van der Waals surface area contributed by atoms with E-state index in [1.165, 1.54) is 24.3 Å². The molecule has 0 fully saturated rings. The first-order valence-corrected chi connectivity index (χ1v) is 9.19. The smallest absolute Gasteiger partial charge is 0.390 e. The van der Waals surface area contributed by atoms with Gasteiger partial charge in [-0.05, 0) is 25.1 Å². The van der Waals surface area contributed by atoms with E-state index < -0.39 is 40.4 Å². The average Bonchev–Trinajstić information content (AvgIpc) is 2.76. The number of nitrogens with zero attached hydrogens (tertiary/aromatic N) is 7. The molecule has 3 aromatic rings. The van der Waals surface area contributed by atoms with Gasteiger partial charge in [-0.2, -0.15) is 31.3 Å². The Labute approximate surface area is 182 Å². The van der Waals surface area contributed by atoms with Crippen LogP contribution in [-0.2, 0) is 12.4 Å². The summed E-state index contributed by atoms with van der Waals surface area (Å²) in [6, 6.07) is 1.35. The minimum Gasteiger partial charge on any atom is -0.390 e. The van der Waals surface area contributed by atoms with E-state index in [9.17, 15) is 26.3 Å². The van der Waals surface area contributed by atoms with Crippen molar-refractivity contribution in [1.82, 2.24) is 19.9 Å². The van der Waals surface area contributed by atoms with Crippen molar-refractivity contribution in [1.29, 1.82) is 0 Å². The number of hydrogen-bond acceptors (Lipinski definition) is 6. The molecule has 2 heterocycles. The van der Waals surface area contributed by atoms with Crippen LogP contribution >= 0.6 is 0 Å². The molecular weight excluding hydrogens is 454 g/mol. The Morgan fingerprint density at radius 2 is 1.70 bits per heavy atom. The molecule has 0 aliphatic carbocycles. The molecule has 0 aliphatic heterocycles. The van der Waals surface area contributed by atoms with Crippen LogP contribution in [0.15, 0.2) is 46.9 Å². The number of alkyl halides is 6. The van der Waals surface area contributed by atoms with Crippen LogP contribution < -0.4 is 10.6 Å². The predicted molar refractivity (Wildman–Crippen MR) is 109 cm³/mol. The lowest BCUT2D eigenvalue weighted by atomic mass is 10.0. The van der Waals surface area contributed by atoms with Crippen molar-refractivity contribution < 1.29 is 26.3 Å². The molecule has 0 aliphatic rings. The van der Waals surface area contributed by atoms with Gasteiger partial charge in [-0.1, -0.05) is 0 Å². The van der Waals surface area contributed by atoms with E-state index in [1.54, 1.807) is 13.0 Å². The highest BCUT2D eigenvalue weighted by Gasteiger charge is 2.39. The Kier molecular flexibility index (Phi) is 6.46. The van der Waals surface area contributed by atoms with E-state index in [0.717, 1.165) is 12.7 Å². The summed E-state index contributed by atoms with van der Waals surface area (Å²) in [6.45, 7) is 1.56. The number of nitrogens with two attached hydrogens (primary N) is 1. The maximum atomic E-state index is 13.5. The molecule has 2 aromatic heterocycles. The summed E-state index contributed by atoms with van der Waals surface area (Å²) >= 11 is 0. The van der Waals surface area contributed by atoms with E-state index in [-0.39, 0.29) is 23.7 Å². The molecule has 0 saturated heterocycles. The van der Waals surface area contributed by atoms with Gasteiger partial charge in [0.1, 0.15) is 12.1 Å². The maximum absolute atomic E-state index is 13.5. The molecule has 174 valence electrons. The van der Waals surface area contributed by atoms with Crippen LogP contribution in [0.4, 0.5) is 38.1 Å². The third kappa shape index (κ3) is 5.15. The number of halogens is 6. The zero-order valence-electron chi connectivity index (χ0n) is 17.1. The first kappa shape index (κ1) is 23.8. The molecule has 0 bridgehead atoms. The van der Waals surface area contributed by atoms with Gasteiger partial charge in [0.2, 0.25) is 0 Å². The van der Waals surface area contributed by atoms with Crippen LogP contribution in [0.1, 0.15) is 18.1 Å². The highest BCUT2D eigenvalue weighted by Crippen LogP contribution is 2.41. The third-order valence-corrected chi connectivity index (χ3v) is 4.61. The Balaban J connectivity index is 2.19. The topological polar surface area (TPSA) is 106 Å². The second-order valence-electron chi connectivity index (χ2n) is 6.70. The van der Waals surface area contributed by atoms with Gasteiger partial charge in [0.25, 0.3) is 5.95 Å². The molecule has 0 radical (unpaired) electrons. The molecule has 8 nitrogen and oxygen atoms in total. The summed E-state index contributed by atoms with van der Waals surface area (Å²) in [5, 5.41) is -0.443. The number of amidine groups is 1. The molecule has 1 atom stereocenters. The van der Waals surface area contributed by atoms with Crippen LogP contribution in [0.3, 0.4) is 0 Å². The van der Waals surface area contributed by atoms with E-state index >= 15 is 0 Å². The van der Waals surface area contributed by atoms with Crippen molar-refractivity contribution in [3.8, 4) is 0 Å². The van der Waals surface area contributed by atoms with E-state index in [2.05, 4.69) is 29.9 Å². The van der Waals surface area contributed by atoms with Crippen molar-refractivity contribution in [2.24, 2.45) is 15.7 Å². The fourth-order valence-electron chi connectivity index (χ4n) is 2.93.